The first-order chi connectivity index (χ1) is 41.9. The van der Waals surface area contributed by atoms with Crippen LogP contribution in [0.4, 0.5) is 39.8 Å². The van der Waals surface area contributed by atoms with Crippen molar-refractivity contribution in [2.45, 2.75) is 96.3 Å². The Morgan fingerprint density at radius 2 is 0.724 bits per heavy atom. The molecule has 4 heteroatoms. The smallest absolute Gasteiger partial charge is 0.230 e. The van der Waals surface area contributed by atoms with Gasteiger partial charge in [-0.15, -0.1) is 0 Å². The molecule has 2 aliphatic carbocycles. The van der Waals surface area contributed by atoms with Crippen LogP contribution in [0.15, 0.2) is 255 Å². The molecule has 0 aromatic heterocycles. The van der Waals surface area contributed by atoms with E-state index >= 15 is 0 Å². The molecule has 11 aromatic rings. The summed E-state index contributed by atoms with van der Waals surface area (Å²) in [4.78, 5) is 9.49. The zero-order valence-corrected chi connectivity index (χ0v) is 51.5. The van der Waals surface area contributed by atoms with Gasteiger partial charge in [0, 0.05) is 38.7 Å². The van der Waals surface area contributed by atoms with E-state index in [2.05, 4.69) is 340 Å². The molecule has 11 aromatic carbocycles. The predicted molar refractivity (Wildman–Crippen MR) is 365 cm³/mol. The largest absolute Gasteiger partial charge is 0.319 e. The summed E-state index contributed by atoms with van der Waals surface area (Å²) in [5.41, 5.74) is 20.6. The molecule has 0 atom stereocenters. The van der Waals surface area contributed by atoms with Crippen LogP contribution in [0.5, 0.6) is 0 Å². The second-order valence-corrected chi connectivity index (χ2v) is 26.7. The van der Waals surface area contributed by atoms with E-state index in [1.165, 1.54) is 33.4 Å². The summed E-state index contributed by atoms with van der Waals surface area (Å²) >= 11 is 0. The Morgan fingerprint density at radius 3 is 1.09 bits per heavy atom. The fourth-order valence-electron chi connectivity index (χ4n) is 15.1. The van der Waals surface area contributed by atoms with Gasteiger partial charge in [0.05, 0.1) is 41.0 Å². The average molecular weight is 1130 g/mol. The van der Waals surface area contributed by atoms with Gasteiger partial charge in [-0.05, 0) is 137 Å². The number of fused-ring (bicyclic) bond motifs is 6. The molecular formula is C83H72N4. The standard InChI is InChI=1S/C83H72N4/c1-79(2,3)61-42-46-63(47-43-61)86(72-38-26-24-36-65(72)57-32-20-14-21-33-57)77-69(54-84)76(85-11)78(87(64-48-44-62(45-49-64)80(4,5)6)73-39-27-25-37-66(73)58-34-22-15-23-35-58)75-74(77)81(7,8)83(82(75,9)10)70-52-59(55-28-16-12-17-29-55)40-50-67(70)68-51-41-60(53-71(68)83)56-30-18-13-19-31-56/h12-53H,1-10H3. The first-order valence-electron chi connectivity index (χ1n) is 30.4. The molecule has 1 spiro atoms. The summed E-state index contributed by atoms with van der Waals surface area (Å²) in [6.45, 7) is 33.2. The summed E-state index contributed by atoms with van der Waals surface area (Å²) in [7, 11) is 0. The molecule has 0 amide bonds. The lowest BCUT2D eigenvalue weighted by atomic mass is 9.52. The van der Waals surface area contributed by atoms with Crippen molar-refractivity contribution in [3.63, 3.8) is 0 Å². The molecule has 0 unspecified atom stereocenters. The van der Waals surface area contributed by atoms with E-state index in [4.69, 9.17) is 4.85 Å². The van der Waals surface area contributed by atoms with Crippen molar-refractivity contribution in [1.82, 2.24) is 0 Å². The fourth-order valence-corrected chi connectivity index (χ4v) is 15.1. The highest BCUT2D eigenvalue weighted by Gasteiger charge is 2.69. The van der Waals surface area contributed by atoms with E-state index in [9.17, 15) is 11.8 Å². The maximum Gasteiger partial charge on any atom is 0.230 e. The van der Waals surface area contributed by atoms with Crippen molar-refractivity contribution < 1.29 is 0 Å². The maximum absolute atomic E-state index is 12.7. The summed E-state index contributed by atoms with van der Waals surface area (Å²) in [5.74, 6) is 0. The number of hydrogen-bond donors (Lipinski definition) is 0. The van der Waals surface area contributed by atoms with Gasteiger partial charge in [0.15, 0.2) is 0 Å². The summed E-state index contributed by atoms with van der Waals surface area (Å²) in [6.07, 6.45) is 0. The van der Waals surface area contributed by atoms with Gasteiger partial charge in [0.2, 0.25) is 5.69 Å². The van der Waals surface area contributed by atoms with Crippen molar-refractivity contribution in [2.24, 2.45) is 0 Å². The Bertz CT molecular complexity index is 4220. The zero-order chi connectivity index (χ0) is 60.6. The van der Waals surface area contributed by atoms with E-state index in [0.29, 0.717) is 16.9 Å². The molecule has 0 N–H and O–H groups in total. The minimum Gasteiger partial charge on any atom is -0.319 e. The van der Waals surface area contributed by atoms with Crippen molar-refractivity contribution in [3.8, 4) is 61.7 Å². The monoisotopic (exact) mass is 1120 g/mol. The van der Waals surface area contributed by atoms with Crippen LogP contribution >= 0.6 is 0 Å². The van der Waals surface area contributed by atoms with Gasteiger partial charge in [-0.2, -0.15) is 5.26 Å². The van der Waals surface area contributed by atoms with E-state index in [1.807, 2.05) is 0 Å². The predicted octanol–water partition coefficient (Wildman–Crippen LogP) is 22.8. The lowest BCUT2D eigenvalue weighted by Crippen LogP contribution is -2.51. The zero-order valence-electron chi connectivity index (χ0n) is 51.5. The maximum atomic E-state index is 12.7. The van der Waals surface area contributed by atoms with Crippen molar-refractivity contribution >= 4 is 39.8 Å². The van der Waals surface area contributed by atoms with Crippen LogP contribution in [0, 0.1) is 17.9 Å². The first-order valence-corrected chi connectivity index (χ1v) is 30.4. The molecule has 0 bridgehead atoms. The molecule has 87 heavy (non-hydrogen) atoms. The Balaban J connectivity index is 1.25. The highest BCUT2D eigenvalue weighted by Crippen LogP contribution is 2.75. The Kier molecular flexibility index (Phi) is 13.7. The minimum atomic E-state index is -0.862. The normalized spacial score (nSPS) is 14.1. The third-order valence-corrected chi connectivity index (χ3v) is 19.0. The number of nitrogens with zero attached hydrogens (tertiary/aromatic N) is 4. The van der Waals surface area contributed by atoms with Crippen LogP contribution in [0.2, 0.25) is 0 Å². The molecular weight excluding hydrogens is 1050 g/mol. The van der Waals surface area contributed by atoms with E-state index in [-0.39, 0.29) is 16.5 Å². The molecule has 0 radical (unpaired) electrons. The Labute approximate surface area is 515 Å². The van der Waals surface area contributed by atoms with Crippen LogP contribution in [-0.4, -0.2) is 0 Å². The van der Waals surface area contributed by atoms with Crippen LogP contribution < -0.4 is 9.80 Å². The molecule has 2 aliphatic rings. The number of benzene rings is 11. The number of para-hydroxylation sites is 2. The first kappa shape index (κ1) is 56.1. The van der Waals surface area contributed by atoms with Gasteiger partial charge in [0.25, 0.3) is 0 Å². The van der Waals surface area contributed by atoms with Crippen LogP contribution in [0.1, 0.15) is 108 Å². The summed E-state index contributed by atoms with van der Waals surface area (Å²) in [5, 5.41) is 12.7. The SMILES string of the molecule is [C-]#[N+]c1c(C#N)c(N(c2ccc(C(C)(C)C)cc2)c2ccccc2-c2ccccc2)c2c(c1N(c1ccc(C(C)(C)C)cc1)c1ccccc1-c1ccccc1)C(C)(C)C1(c3cc(-c4ccccc4)ccc3-c3ccc(-c4ccccc4)cc31)C2(C)C. The van der Waals surface area contributed by atoms with E-state index in [1.54, 1.807) is 0 Å². The van der Waals surface area contributed by atoms with Gasteiger partial charge in [-0.1, -0.05) is 275 Å². The molecule has 4 nitrogen and oxygen atoms in total. The Hall–Kier alpha value is -10.0. The molecule has 424 valence electrons. The quantitative estimate of drug-likeness (QED) is 0.128. The topological polar surface area (TPSA) is 34.6 Å². The van der Waals surface area contributed by atoms with E-state index in [0.717, 1.165) is 78.4 Å². The third kappa shape index (κ3) is 8.92. The van der Waals surface area contributed by atoms with Crippen LogP contribution in [0.25, 0.3) is 60.5 Å². The number of anilines is 6. The summed E-state index contributed by atoms with van der Waals surface area (Å²) < 4.78 is 0. The van der Waals surface area contributed by atoms with Crippen molar-refractivity contribution in [1.29, 1.82) is 5.26 Å². The Morgan fingerprint density at radius 1 is 0.379 bits per heavy atom. The lowest BCUT2D eigenvalue weighted by Gasteiger charge is -2.50. The minimum absolute atomic E-state index is 0.132. The highest BCUT2D eigenvalue weighted by atomic mass is 15.2. The van der Waals surface area contributed by atoms with Crippen molar-refractivity contribution in [3.05, 3.63) is 305 Å². The second kappa shape index (κ2) is 21.2. The van der Waals surface area contributed by atoms with E-state index < -0.39 is 16.2 Å². The molecule has 0 aliphatic heterocycles. The molecule has 0 fully saturated rings. The molecule has 13 rings (SSSR count). The third-order valence-electron chi connectivity index (χ3n) is 19.0. The number of rotatable bonds is 10. The highest BCUT2D eigenvalue weighted by molar-refractivity contribution is 6.05. The summed E-state index contributed by atoms with van der Waals surface area (Å²) in [6, 6.07) is 94.8. The molecule has 0 saturated carbocycles. The van der Waals surface area contributed by atoms with Gasteiger partial charge < -0.3 is 9.80 Å². The molecule has 0 saturated heterocycles. The fraction of sp³-hybridized carbons (Fsp3) is 0.181. The van der Waals surface area contributed by atoms with Gasteiger partial charge in [-0.25, -0.2) is 4.85 Å². The van der Waals surface area contributed by atoms with Gasteiger partial charge in [-0.3, -0.25) is 0 Å². The van der Waals surface area contributed by atoms with Gasteiger partial charge in [0.1, 0.15) is 0 Å². The van der Waals surface area contributed by atoms with Crippen LogP contribution in [-0.2, 0) is 27.1 Å². The number of hydrogen-bond acceptors (Lipinski definition) is 3. The molecule has 0 heterocycles. The average Bonchev–Trinajstić information content (AvgIpc) is 1.47. The van der Waals surface area contributed by atoms with Crippen LogP contribution in [0.3, 0.4) is 0 Å². The number of nitriles is 1. The lowest BCUT2D eigenvalue weighted by molar-refractivity contribution is 0.232. The van der Waals surface area contributed by atoms with Gasteiger partial charge >= 0.3 is 0 Å². The van der Waals surface area contributed by atoms with Crippen molar-refractivity contribution in [2.75, 3.05) is 9.80 Å². The second-order valence-electron chi connectivity index (χ2n) is 26.7.